The van der Waals surface area contributed by atoms with Crippen LogP contribution in [0, 0.1) is 5.82 Å². The Morgan fingerprint density at radius 3 is 2.69 bits per heavy atom. The average molecular weight is 403 g/mol. The number of benzene rings is 1. The lowest BCUT2D eigenvalue weighted by atomic mass is 10.0. The number of halogens is 1. The maximum absolute atomic E-state index is 13.1. The number of nitrogens with zero attached hydrogens (tertiary/aromatic N) is 3. The maximum atomic E-state index is 13.1. The minimum atomic E-state index is -0.812. The third kappa shape index (κ3) is 6.39. The first-order chi connectivity index (χ1) is 14.0. The predicted octanol–water partition coefficient (Wildman–Crippen LogP) is 2.71. The molecule has 1 aromatic carbocycles. The lowest BCUT2D eigenvalue weighted by Gasteiger charge is -2.29. The number of anilines is 1. The molecular weight excluding hydrogens is 373 g/mol. The molecule has 0 saturated carbocycles. The van der Waals surface area contributed by atoms with E-state index in [0.717, 1.165) is 17.9 Å². The lowest BCUT2D eigenvalue weighted by molar-refractivity contribution is 0.0279. The van der Waals surface area contributed by atoms with Crippen molar-refractivity contribution >= 4 is 5.82 Å². The van der Waals surface area contributed by atoms with Crippen LogP contribution in [-0.2, 0) is 11.3 Å². The normalized spacial score (nSPS) is 19.1. The van der Waals surface area contributed by atoms with Gasteiger partial charge in [-0.3, -0.25) is 4.90 Å². The fraction of sp³-hybridized carbons (Fsp3) is 0.500. The van der Waals surface area contributed by atoms with Crippen LogP contribution in [0.3, 0.4) is 0 Å². The molecule has 2 aromatic rings. The van der Waals surface area contributed by atoms with Crippen molar-refractivity contribution < 1.29 is 19.0 Å². The second-order valence-electron chi connectivity index (χ2n) is 7.59. The van der Waals surface area contributed by atoms with E-state index >= 15 is 0 Å². The van der Waals surface area contributed by atoms with Gasteiger partial charge in [0, 0.05) is 32.8 Å². The van der Waals surface area contributed by atoms with E-state index in [1.165, 1.54) is 12.3 Å². The number of β-amino-alcohol motifs (C(OH)–C–C–N with tert-alkyl or cyclic N) is 1. The van der Waals surface area contributed by atoms with Gasteiger partial charge in [0.25, 0.3) is 0 Å². The van der Waals surface area contributed by atoms with E-state index in [0.29, 0.717) is 51.7 Å². The van der Waals surface area contributed by atoms with Crippen molar-refractivity contribution in [3.8, 4) is 5.75 Å². The largest absolute Gasteiger partial charge is 0.491 e. The molecule has 1 fully saturated rings. The van der Waals surface area contributed by atoms with E-state index in [1.807, 2.05) is 43.1 Å². The van der Waals surface area contributed by atoms with Gasteiger partial charge in [-0.1, -0.05) is 12.1 Å². The molecule has 0 radical (unpaired) electrons. The van der Waals surface area contributed by atoms with Crippen LogP contribution >= 0.6 is 0 Å². The number of hydrogen-bond acceptors (Lipinski definition) is 6. The molecule has 0 unspecified atom stereocenters. The number of rotatable bonds is 10. The number of ether oxygens (including phenoxy) is 2. The summed E-state index contributed by atoms with van der Waals surface area (Å²) in [6.45, 7) is 6.26. The summed E-state index contributed by atoms with van der Waals surface area (Å²) in [5.41, 5.74) is 0.343. The minimum absolute atomic E-state index is 0.353. The van der Waals surface area contributed by atoms with Gasteiger partial charge in [0.2, 0.25) is 0 Å². The molecule has 0 amide bonds. The summed E-state index contributed by atoms with van der Waals surface area (Å²) >= 11 is 0. The smallest absolute Gasteiger partial charge is 0.141 e. The highest BCUT2D eigenvalue weighted by molar-refractivity contribution is 5.40. The zero-order chi connectivity index (χ0) is 20.7. The van der Waals surface area contributed by atoms with Gasteiger partial charge in [0.1, 0.15) is 24.0 Å². The Hall–Kier alpha value is -2.22. The van der Waals surface area contributed by atoms with Crippen molar-refractivity contribution in [2.45, 2.75) is 25.5 Å². The maximum Gasteiger partial charge on any atom is 0.141 e. The first-order valence-electron chi connectivity index (χ1n) is 10.0. The molecule has 1 aliphatic rings. The third-order valence-electron chi connectivity index (χ3n) is 5.01. The minimum Gasteiger partial charge on any atom is -0.491 e. The molecule has 3 rings (SSSR count). The molecule has 6 nitrogen and oxygen atoms in total. The molecule has 0 bridgehead atoms. The van der Waals surface area contributed by atoms with Crippen LogP contribution in [-0.4, -0.2) is 67.1 Å². The molecule has 0 spiro atoms. The van der Waals surface area contributed by atoms with Gasteiger partial charge in [-0.15, -0.1) is 0 Å². The van der Waals surface area contributed by atoms with Crippen molar-refractivity contribution in [2.75, 3.05) is 51.4 Å². The fourth-order valence-corrected chi connectivity index (χ4v) is 3.66. The van der Waals surface area contributed by atoms with Gasteiger partial charge in [-0.2, -0.15) is 0 Å². The molecule has 1 N–H and O–H groups in total. The molecule has 0 aliphatic carbocycles. The van der Waals surface area contributed by atoms with Crippen LogP contribution in [0.1, 0.15) is 18.9 Å². The highest BCUT2D eigenvalue weighted by atomic mass is 19.1. The standard InChI is InChI=1S/C22H30FN3O3/c1-3-28-12-13-29-20-7-4-18(5-8-20)15-25(2)16-22(27)10-11-26(17-22)21-9-6-19(23)14-24-21/h4-9,14,27H,3,10-13,15-17H2,1-2H3/t22-/m1/s1. The van der Waals surface area contributed by atoms with Crippen molar-refractivity contribution in [1.82, 2.24) is 9.88 Å². The Labute approximate surface area is 171 Å². The molecule has 1 atom stereocenters. The first-order valence-corrected chi connectivity index (χ1v) is 10.0. The van der Waals surface area contributed by atoms with Crippen molar-refractivity contribution in [2.24, 2.45) is 0 Å². The summed E-state index contributed by atoms with van der Waals surface area (Å²) in [6.07, 6.45) is 1.87. The summed E-state index contributed by atoms with van der Waals surface area (Å²) in [4.78, 5) is 8.24. The Bertz CT molecular complexity index is 757. The predicted molar refractivity (Wildman–Crippen MR) is 111 cm³/mol. The molecule has 158 valence electrons. The SMILES string of the molecule is CCOCCOc1ccc(CN(C)C[C@]2(O)CCN(c3ccc(F)cn3)C2)cc1. The first kappa shape index (κ1) is 21.5. The van der Waals surface area contributed by atoms with Gasteiger partial charge in [-0.25, -0.2) is 9.37 Å². The van der Waals surface area contributed by atoms with Crippen molar-refractivity contribution in [3.05, 3.63) is 54.0 Å². The van der Waals surface area contributed by atoms with Crippen molar-refractivity contribution in [1.29, 1.82) is 0 Å². The Morgan fingerprint density at radius 2 is 2.00 bits per heavy atom. The molecule has 1 aromatic heterocycles. The van der Waals surface area contributed by atoms with E-state index in [2.05, 4.69) is 9.88 Å². The van der Waals surface area contributed by atoms with Crippen LogP contribution in [0.2, 0.25) is 0 Å². The second kappa shape index (κ2) is 10.0. The number of aliphatic hydroxyl groups is 1. The van der Waals surface area contributed by atoms with E-state index in [4.69, 9.17) is 9.47 Å². The fourth-order valence-electron chi connectivity index (χ4n) is 3.66. The third-order valence-corrected chi connectivity index (χ3v) is 5.01. The van der Waals surface area contributed by atoms with E-state index < -0.39 is 5.60 Å². The van der Waals surface area contributed by atoms with Gasteiger partial charge in [0.05, 0.1) is 18.4 Å². The Morgan fingerprint density at radius 1 is 1.21 bits per heavy atom. The average Bonchev–Trinajstić information content (AvgIpc) is 3.08. The van der Waals surface area contributed by atoms with E-state index in [1.54, 1.807) is 6.07 Å². The molecular formula is C22H30FN3O3. The molecule has 1 aliphatic heterocycles. The van der Waals surface area contributed by atoms with Crippen molar-refractivity contribution in [3.63, 3.8) is 0 Å². The van der Waals surface area contributed by atoms with Crippen LogP contribution in [0.5, 0.6) is 5.75 Å². The van der Waals surface area contributed by atoms with Gasteiger partial charge >= 0.3 is 0 Å². The van der Waals surface area contributed by atoms with Gasteiger partial charge < -0.3 is 19.5 Å². The van der Waals surface area contributed by atoms with E-state index in [9.17, 15) is 9.50 Å². The number of likely N-dealkylation sites (N-methyl/N-ethyl adjacent to an activating group) is 1. The summed E-state index contributed by atoms with van der Waals surface area (Å²) in [5, 5.41) is 11.0. The molecule has 7 heteroatoms. The van der Waals surface area contributed by atoms with Gasteiger partial charge in [-0.05, 0) is 50.2 Å². The zero-order valence-electron chi connectivity index (χ0n) is 17.2. The highest BCUT2D eigenvalue weighted by Gasteiger charge is 2.37. The molecule has 1 saturated heterocycles. The van der Waals surface area contributed by atoms with Crippen LogP contribution in [0.25, 0.3) is 0 Å². The van der Waals surface area contributed by atoms with Gasteiger partial charge in [0.15, 0.2) is 0 Å². The lowest BCUT2D eigenvalue weighted by Crippen LogP contribution is -2.43. The summed E-state index contributed by atoms with van der Waals surface area (Å²) < 4.78 is 24.0. The van der Waals surface area contributed by atoms with Crippen LogP contribution < -0.4 is 9.64 Å². The van der Waals surface area contributed by atoms with E-state index in [-0.39, 0.29) is 5.82 Å². The Kier molecular flexibility index (Phi) is 7.41. The zero-order valence-corrected chi connectivity index (χ0v) is 17.2. The number of pyridine rings is 1. The quantitative estimate of drug-likeness (QED) is 0.616. The Balaban J connectivity index is 1.47. The summed E-state index contributed by atoms with van der Waals surface area (Å²) in [7, 11) is 2.00. The highest BCUT2D eigenvalue weighted by Crippen LogP contribution is 2.26. The summed E-state index contributed by atoms with van der Waals surface area (Å²) in [6, 6.07) is 11.1. The molecule has 29 heavy (non-hydrogen) atoms. The van der Waals surface area contributed by atoms with Crippen LogP contribution in [0.15, 0.2) is 42.6 Å². The number of hydrogen-bond donors (Lipinski definition) is 1. The monoisotopic (exact) mass is 403 g/mol. The van der Waals surface area contributed by atoms with Crippen LogP contribution in [0.4, 0.5) is 10.2 Å². The second-order valence-corrected chi connectivity index (χ2v) is 7.59. The number of aromatic nitrogens is 1. The topological polar surface area (TPSA) is 58.1 Å². The summed E-state index contributed by atoms with van der Waals surface area (Å²) in [5.74, 6) is 1.17. The molecule has 2 heterocycles.